The van der Waals surface area contributed by atoms with Crippen LogP contribution in [0.15, 0.2) is 42.5 Å². The van der Waals surface area contributed by atoms with Gasteiger partial charge >= 0.3 is 11.9 Å². The molecule has 2 aromatic carbocycles. The molecule has 3 rings (SSSR count). The lowest BCUT2D eigenvalue weighted by Gasteiger charge is -2.41. The highest BCUT2D eigenvalue weighted by atomic mass is 16.5. The molecule has 0 amide bonds. The summed E-state index contributed by atoms with van der Waals surface area (Å²) in [5.41, 5.74) is 3.80. The Bertz CT molecular complexity index is 990. The fourth-order valence-corrected chi connectivity index (χ4v) is 4.35. The van der Waals surface area contributed by atoms with Crippen molar-refractivity contribution in [3.05, 3.63) is 59.2 Å². The molecule has 178 valence electrons. The maximum atomic E-state index is 11.6. The van der Waals surface area contributed by atoms with Crippen LogP contribution in [0.1, 0.15) is 57.2 Å². The molecule has 0 radical (unpaired) electrons. The molecule has 33 heavy (non-hydrogen) atoms. The van der Waals surface area contributed by atoms with Gasteiger partial charge in [0.15, 0.2) is 5.92 Å². The van der Waals surface area contributed by atoms with Gasteiger partial charge in [-0.3, -0.25) is 9.59 Å². The first-order valence-electron chi connectivity index (χ1n) is 11.3. The van der Waals surface area contributed by atoms with Crippen molar-refractivity contribution >= 4 is 11.9 Å². The Kier molecular flexibility index (Phi) is 7.35. The van der Waals surface area contributed by atoms with Crippen LogP contribution in [0.2, 0.25) is 0 Å². The summed E-state index contributed by atoms with van der Waals surface area (Å²) < 4.78 is 16.3. The van der Waals surface area contributed by atoms with Gasteiger partial charge < -0.3 is 19.3 Å². The van der Waals surface area contributed by atoms with Crippen molar-refractivity contribution in [2.45, 2.75) is 57.8 Å². The Balaban J connectivity index is 1.53. The van der Waals surface area contributed by atoms with Crippen LogP contribution in [0.5, 0.6) is 11.5 Å². The minimum atomic E-state index is -1.22. The number of carboxylic acids is 1. The largest absolute Gasteiger partial charge is 0.490 e. The molecule has 0 aliphatic heterocycles. The van der Waals surface area contributed by atoms with Gasteiger partial charge in [-0.15, -0.1) is 0 Å². The number of carboxylic acid groups (broad SMARTS) is 1. The van der Waals surface area contributed by atoms with E-state index in [4.69, 9.17) is 9.47 Å². The Labute approximate surface area is 195 Å². The molecule has 0 bridgehead atoms. The molecular weight excluding hydrogens is 420 g/mol. The normalized spacial score (nSPS) is 16.9. The highest BCUT2D eigenvalue weighted by molar-refractivity contribution is 5.94. The summed E-state index contributed by atoms with van der Waals surface area (Å²) in [4.78, 5) is 22.9. The number of hydrogen-bond acceptors (Lipinski definition) is 5. The van der Waals surface area contributed by atoms with Crippen LogP contribution in [-0.4, -0.2) is 37.4 Å². The van der Waals surface area contributed by atoms with E-state index >= 15 is 0 Å². The van der Waals surface area contributed by atoms with Crippen molar-refractivity contribution in [1.82, 2.24) is 0 Å². The third-order valence-corrected chi connectivity index (χ3v) is 6.59. The van der Waals surface area contributed by atoms with Crippen LogP contribution >= 0.6 is 0 Å². The molecule has 0 heterocycles. The minimum absolute atomic E-state index is 0.0663. The van der Waals surface area contributed by atoms with Crippen LogP contribution in [0, 0.1) is 5.92 Å². The van der Waals surface area contributed by atoms with E-state index in [2.05, 4.69) is 44.6 Å². The third-order valence-electron chi connectivity index (χ3n) is 6.59. The molecule has 1 atom stereocenters. The maximum Gasteiger partial charge on any atom is 0.320 e. The Hall–Kier alpha value is -3.02. The Morgan fingerprint density at radius 2 is 1.42 bits per heavy atom. The van der Waals surface area contributed by atoms with E-state index in [1.54, 1.807) is 24.3 Å². The first kappa shape index (κ1) is 24.6. The molecule has 6 nitrogen and oxygen atoms in total. The summed E-state index contributed by atoms with van der Waals surface area (Å²) in [6, 6.07) is 13.4. The summed E-state index contributed by atoms with van der Waals surface area (Å²) >= 11 is 0. The van der Waals surface area contributed by atoms with Crippen molar-refractivity contribution in [3.63, 3.8) is 0 Å². The number of carbonyl (C=O) groups is 2. The number of hydrogen-bond donors (Lipinski definition) is 1. The highest BCUT2D eigenvalue weighted by Crippen LogP contribution is 2.46. The first-order valence-corrected chi connectivity index (χ1v) is 11.3. The van der Waals surface area contributed by atoms with Gasteiger partial charge in [0.05, 0.1) is 7.11 Å². The fourth-order valence-electron chi connectivity index (χ4n) is 4.35. The first-order chi connectivity index (χ1) is 15.5. The number of carbonyl (C=O) groups excluding carboxylic acids is 1. The highest BCUT2D eigenvalue weighted by Gasteiger charge is 2.37. The molecule has 0 aromatic heterocycles. The zero-order chi connectivity index (χ0) is 24.2. The van der Waals surface area contributed by atoms with E-state index in [0.29, 0.717) is 19.0 Å². The van der Waals surface area contributed by atoms with E-state index in [9.17, 15) is 14.7 Å². The minimum Gasteiger partial charge on any atom is -0.490 e. The van der Waals surface area contributed by atoms with Gasteiger partial charge in [0.1, 0.15) is 24.7 Å². The van der Waals surface area contributed by atoms with E-state index in [-0.39, 0.29) is 17.3 Å². The van der Waals surface area contributed by atoms with E-state index in [0.717, 1.165) is 17.7 Å². The molecular formula is C27H34O6. The molecule has 1 aliphatic carbocycles. The topological polar surface area (TPSA) is 82.1 Å². The van der Waals surface area contributed by atoms with Gasteiger partial charge in [0.2, 0.25) is 0 Å². The Morgan fingerprint density at radius 3 is 2.00 bits per heavy atom. The summed E-state index contributed by atoms with van der Waals surface area (Å²) in [6.07, 6.45) is 2.40. The summed E-state index contributed by atoms with van der Waals surface area (Å²) in [6.45, 7) is 9.98. The quantitative estimate of drug-likeness (QED) is 0.329. The molecule has 2 aromatic rings. The second-order valence-corrected chi connectivity index (χ2v) is 9.93. The summed E-state index contributed by atoms with van der Waals surface area (Å²) in [5.74, 6) is -1.67. The van der Waals surface area contributed by atoms with E-state index in [1.807, 2.05) is 6.07 Å². The number of ether oxygens (including phenoxy) is 3. The van der Waals surface area contributed by atoms with Crippen LogP contribution in [0.4, 0.5) is 0 Å². The number of methoxy groups -OCH3 is 1. The number of fused-ring (bicyclic) bond motifs is 1. The maximum absolute atomic E-state index is 11.6. The van der Waals surface area contributed by atoms with Crippen LogP contribution in [-0.2, 0) is 31.6 Å². The molecule has 0 spiro atoms. The molecule has 1 aliphatic rings. The second-order valence-electron chi connectivity index (χ2n) is 9.93. The van der Waals surface area contributed by atoms with Crippen LogP contribution in [0.25, 0.3) is 0 Å². The second kappa shape index (κ2) is 9.86. The van der Waals surface area contributed by atoms with Gasteiger partial charge in [-0.25, -0.2) is 0 Å². The lowest BCUT2D eigenvalue weighted by atomic mass is 9.63. The number of esters is 1. The zero-order valence-electron chi connectivity index (χ0n) is 20.1. The average molecular weight is 455 g/mol. The summed E-state index contributed by atoms with van der Waals surface area (Å²) in [7, 11) is 1.18. The molecule has 0 saturated carbocycles. The van der Waals surface area contributed by atoms with Gasteiger partial charge in [0, 0.05) is 0 Å². The zero-order valence-corrected chi connectivity index (χ0v) is 20.1. The SMILES string of the molecule is COC(=O)C(Cc1ccc(OCCOc2ccc3c(c2)C(C)(C)CCC3(C)C)cc1)C(=O)O. The predicted octanol–water partition coefficient (Wildman–Crippen LogP) is 4.91. The van der Waals surface area contributed by atoms with Crippen molar-refractivity contribution in [1.29, 1.82) is 0 Å². The monoisotopic (exact) mass is 454 g/mol. The van der Waals surface area contributed by atoms with Crippen LogP contribution < -0.4 is 9.47 Å². The van der Waals surface area contributed by atoms with E-state index < -0.39 is 17.9 Å². The van der Waals surface area contributed by atoms with Crippen molar-refractivity contribution in [2.75, 3.05) is 20.3 Å². The predicted molar refractivity (Wildman–Crippen MR) is 126 cm³/mol. The lowest BCUT2D eigenvalue weighted by Crippen LogP contribution is -2.33. The van der Waals surface area contributed by atoms with Gasteiger partial charge in [-0.2, -0.15) is 0 Å². The molecule has 1 unspecified atom stereocenters. The molecule has 0 saturated heterocycles. The molecule has 1 N–H and O–H groups in total. The third kappa shape index (κ3) is 5.86. The number of rotatable bonds is 9. The Morgan fingerprint density at radius 1 is 0.879 bits per heavy atom. The van der Waals surface area contributed by atoms with Crippen molar-refractivity contribution in [3.8, 4) is 11.5 Å². The number of benzene rings is 2. The smallest absolute Gasteiger partial charge is 0.320 e. The fraction of sp³-hybridized carbons (Fsp3) is 0.481. The van der Waals surface area contributed by atoms with Gasteiger partial charge in [-0.05, 0) is 71.0 Å². The standard InChI is InChI=1S/C27H34O6/c1-26(2)12-13-27(3,4)23-17-20(10-11-22(23)26)33-15-14-32-19-8-6-18(7-9-19)16-21(24(28)29)25(30)31-5/h6-11,17,21H,12-16H2,1-5H3,(H,28,29). The van der Waals surface area contributed by atoms with Crippen molar-refractivity contribution in [2.24, 2.45) is 5.92 Å². The lowest BCUT2D eigenvalue weighted by molar-refractivity contribution is -0.156. The van der Waals surface area contributed by atoms with Crippen LogP contribution in [0.3, 0.4) is 0 Å². The van der Waals surface area contributed by atoms with Gasteiger partial charge in [0.25, 0.3) is 0 Å². The molecule has 6 heteroatoms. The summed E-state index contributed by atoms with van der Waals surface area (Å²) in [5, 5.41) is 9.21. The van der Waals surface area contributed by atoms with Crippen molar-refractivity contribution < 1.29 is 28.9 Å². The number of aliphatic carboxylic acids is 1. The molecule has 0 fully saturated rings. The van der Waals surface area contributed by atoms with Gasteiger partial charge in [-0.1, -0.05) is 45.9 Å². The average Bonchev–Trinajstić information content (AvgIpc) is 2.78. The van der Waals surface area contributed by atoms with E-state index in [1.165, 1.54) is 24.7 Å².